The summed E-state index contributed by atoms with van der Waals surface area (Å²) in [7, 11) is -4.08. The van der Waals surface area contributed by atoms with E-state index >= 15 is 0 Å². The Labute approximate surface area is 214 Å². The molecule has 10 heteroatoms. The van der Waals surface area contributed by atoms with Gasteiger partial charge in [-0.05, 0) is 74.9 Å². The summed E-state index contributed by atoms with van der Waals surface area (Å²) >= 11 is 12.2. The maximum Gasteiger partial charge on any atom is 0.339 e. The van der Waals surface area contributed by atoms with Gasteiger partial charge in [0, 0.05) is 10.7 Å². The van der Waals surface area contributed by atoms with Gasteiger partial charge in [0.25, 0.3) is 10.0 Å². The molecule has 184 valence electrons. The SMILES string of the molecule is CCOC(=O)c1ccc(NC(=O)CN(c2ccc(Cl)cc2C)S(=O)(=O)c2ccc(C)cc2)cc1Cl. The fraction of sp³-hybridized carbons (Fsp3) is 0.200. The quantitative estimate of drug-likeness (QED) is 0.378. The molecule has 0 aliphatic heterocycles. The lowest BCUT2D eigenvalue weighted by Gasteiger charge is -2.26. The van der Waals surface area contributed by atoms with Gasteiger partial charge >= 0.3 is 5.97 Å². The number of nitrogens with zero attached hydrogens (tertiary/aromatic N) is 1. The normalized spacial score (nSPS) is 11.1. The van der Waals surface area contributed by atoms with Crippen LogP contribution in [-0.4, -0.2) is 33.4 Å². The summed E-state index contributed by atoms with van der Waals surface area (Å²) < 4.78 is 33.1. The molecule has 0 heterocycles. The Morgan fingerprint density at radius 3 is 2.26 bits per heavy atom. The van der Waals surface area contributed by atoms with Crippen molar-refractivity contribution in [3.05, 3.63) is 87.4 Å². The van der Waals surface area contributed by atoms with Crippen LogP contribution in [0.3, 0.4) is 0 Å². The number of hydrogen-bond acceptors (Lipinski definition) is 5. The zero-order chi connectivity index (χ0) is 25.8. The third kappa shape index (κ3) is 6.33. The number of benzene rings is 3. The first kappa shape index (κ1) is 26.5. The number of sulfonamides is 1. The summed E-state index contributed by atoms with van der Waals surface area (Å²) in [6.07, 6.45) is 0. The number of hydrogen-bond donors (Lipinski definition) is 1. The smallest absolute Gasteiger partial charge is 0.339 e. The van der Waals surface area contributed by atoms with Crippen LogP contribution in [-0.2, 0) is 19.6 Å². The van der Waals surface area contributed by atoms with E-state index in [-0.39, 0.29) is 22.1 Å². The van der Waals surface area contributed by atoms with Crippen molar-refractivity contribution in [2.75, 3.05) is 22.8 Å². The van der Waals surface area contributed by atoms with Crippen LogP contribution in [0.25, 0.3) is 0 Å². The van der Waals surface area contributed by atoms with Gasteiger partial charge in [-0.3, -0.25) is 9.10 Å². The highest BCUT2D eigenvalue weighted by atomic mass is 35.5. The van der Waals surface area contributed by atoms with E-state index in [4.69, 9.17) is 27.9 Å². The van der Waals surface area contributed by atoms with Crippen molar-refractivity contribution in [3.63, 3.8) is 0 Å². The molecule has 0 radical (unpaired) electrons. The molecule has 1 amide bonds. The molecule has 0 bridgehead atoms. The second kappa shape index (κ2) is 11.1. The van der Waals surface area contributed by atoms with E-state index in [2.05, 4.69) is 5.32 Å². The van der Waals surface area contributed by atoms with Gasteiger partial charge in [0.15, 0.2) is 0 Å². The Morgan fingerprint density at radius 2 is 1.66 bits per heavy atom. The van der Waals surface area contributed by atoms with Gasteiger partial charge in [-0.25, -0.2) is 13.2 Å². The molecule has 0 saturated heterocycles. The van der Waals surface area contributed by atoms with Gasteiger partial charge in [0.1, 0.15) is 6.54 Å². The van der Waals surface area contributed by atoms with E-state index in [0.29, 0.717) is 22.0 Å². The molecule has 3 aromatic carbocycles. The fourth-order valence-electron chi connectivity index (χ4n) is 3.33. The Kier molecular flexibility index (Phi) is 8.43. The minimum atomic E-state index is -4.08. The second-order valence-corrected chi connectivity index (χ2v) is 10.4. The topological polar surface area (TPSA) is 92.8 Å². The molecule has 0 saturated carbocycles. The fourth-order valence-corrected chi connectivity index (χ4v) is 5.30. The number of halogens is 2. The van der Waals surface area contributed by atoms with Gasteiger partial charge in [-0.15, -0.1) is 0 Å². The first-order chi connectivity index (χ1) is 16.5. The average molecular weight is 535 g/mol. The lowest BCUT2D eigenvalue weighted by molar-refractivity contribution is -0.114. The van der Waals surface area contributed by atoms with Crippen molar-refractivity contribution < 1.29 is 22.7 Å². The maximum atomic E-state index is 13.5. The van der Waals surface area contributed by atoms with Gasteiger partial charge in [0.2, 0.25) is 5.91 Å². The summed E-state index contributed by atoms with van der Waals surface area (Å²) in [6.45, 7) is 4.94. The lowest BCUT2D eigenvalue weighted by atomic mass is 10.2. The zero-order valence-corrected chi connectivity index (χ0v) is 21.7. The minimum Gasteiger partial charge on any atom is -0.462 e. The molecular weight excluding hydrogens is 511 g/mol. The van der Waals surface area contributed by atoms with E-state index in [0.717, 1.165) is 9.87 Å². The van der Waals surface area contributed by atoms with E-state index in [1.165, 1.54) is 30.3 Å². The summed E-state index contributed by atoms with van der Waals surface area (Å²) in [6, 6.07) is 15.4. The van der Waals surface area contributed by atoms with Crippen LogP contribution in [0.5, 0.6) is 0 Å². The number of amides is 1. The number of rotatable bonds is 8. The van der Waals surface area contributed by atoms with Crippen molar-refractivity contribution in [1.82, 2.24) is 0 Å². The standard InChI is InChI=1S/C25H24Cl2N2O5S/c1-4-34-25(31)21-11-8-19(14-22(21)27)28-24(30)15-29(23-12-7-18(26)13-17(23)3)35(32,33)20-9-5-16(2)6-10-20/h5-14H,4,15H2,1-3H3,(H,28,30). The third-order valence-corrected chi connectivity index (χ3v) is 7.39. The number of esters is 1. The van der Waals surface area contributed by atoms with Crippen LogP contribution in [0.1, 0.15) is 28.4 Å². The molecule has 0 spiro atoms. The highest BCUT2D eigenvalue weighted by Crippen LogP contribution is 2.29. The van der Waals surface area contributed by atoms with Crippen molar-refractivity contribution in [2.24, 2.45) is 0 Å². The highest BCUT2D eigenvalue weighted by Gasteiger charge is 2.28. The summed E-state index contributed by atoms with van der Waals surface area (Å²) in [5.41, 5.74) is 2.27. The summed E-state index contributed by atoms with van der Waals surface area (Å²) in [5.74, 6) is -1.18. The Balaban J connectivity index is 1.92. The van der Waals surface area contributed by atoms with E-state index in [9.17, 15) is 18.0 Å². The largest absolute Gasteiger partial charge is 0.462 e. The van der Waals surface area contributed by atoms with Gasteiger partial charge in [0.05, 0.1) is 27.8 Å². The average Bonchev–Trinajstić information content (AvgIpc) is 2.78. The third-order valence-electron chi connectivity index (χ3n) is 5.07. The van der Waals surface area contributed by atoms with Crippen molar-refractivity contribution >= 4 is 56.5 Å². The zero-order valence-electron chi connectivity index (χ0n) is 19.3. The number of carbonyl (C=O) groups is 2. The summed E-state index contributed by atoms with van der Waals surface area (Å²) in [5, 5.41) is 3.18. The van der Waals surface area contributed by atoms with Crippen LogP contribution in [0, 0.1) is 13.8 Å². The second-order valence-electron chi connectivity index (χ2n) is 7.72. The summed E-state index contributed by atoms with van der Waals surface area (Å²) in [4.78, 5) is 25.0. The molecule has 0 aliphatic carbocycles. The molecule has 35 heavy (non-hydrogen) atoms. The molecule has 0 fully saturated rings. The minimum absolute atomic E-state index is 0.0482. The predicted molar refractivity (Wildman–Crippen MR) is 138 cm³/mol. The molecule has 3 aromatic rings. The number of ether oxygens (including phenoxy) is 1. The first-order valence-electron chi connectivity index (χ1n) is 10.6. The maximum absolute atomic E-state index is 13.5. The number of anilines is 2. The number of carbonyl (C=O) groups excluding carboxylic acids is 2. The number of aryl methyl sites for hydroxylation is 2. The molecule has 1 N–H and O–H groups in total. The molecular formula is C25H24Cl2N2O5S. The van der Waals surface area contributed by atoms with Crippen LogP contribution < -0.4 is 9.62 Å². The molecule has 0 aliphatic rings. The molecule has 0 atom stereocenters. The molecule has 7 nitrogen and oxygen atoms in total. The Morgan fingerprint density at radius 1 is 0.971 bits per heavy atom. The molecule has 0 unspecified atom stereocenters. The van der Waals surface area contributed by atoms with Crippen LogP contribution in [0.4, 0.5) is 11.4 Å². The van der Waals surface area contributed by atoms with E-state index in [1.54, 1.807) is 44.2 Å². The van der Waals surface area contributed by atoms with E-state index in [1.807, 2.05) is 6.92 Å². The molecule has 0 aromatic heterocycles. The lowest BCUT2D eigenvalue weighted by Crippen LogP contribution is -2.38. The van der Waals surface area contributed by atoms with Gasteiger partial charge < -0.3 is 10.1 Å². The highest BCUT2D eigenvalue weighted by molar-refractivity contribution is 7.92. The van der Waals surface area contributed by atoms with E-state index < -0.39 is 28.4 Å². The van der Waals surface area contributed by atoms with Gasteiger partial charge in [-0.2, -0.15) is 0 Å². The molecule has 3 rings (SSSR count). The number of nitrogens with one attached hydrogen (secondary N) is 1. The predicted octanol–water partition coefficient (Wildman–Crippen LogP) is 5.62. The van der Waals surface area contributed by atoms with Gasteiger partial charge in [-0.1, -0.05) is 40.9 Å². The van der Waals surface area contributed by atoms with Crippen LogP contribution >= 0.6 is 23.2 Å². The van der Waals surface area contributed by atoms with Crippen molar-refractivity contribution in [3.8, 4) is 0 Å². The van der Waals surface area contributed by atoms with Crippen LogP contribution in [0.2, 0.25) is 10.0 Å². The Bertz CT molecular complexity index is 1360. The monoisotopic (exact) mass is 534 g/mol. The van der Waals surface area contributed by atoms with Crippen LogP contribution in [0.15, 0.2) is 65.6 Å². The Hall–Kier alpha value is -3.07. The van der Waals surface area contributed by atoms with Crippen molar-refractivity contribution in [2.45, 2.75) is 25.7 Å². The van der Waals surface area contributed by atoms with Crippen molar-refractivity contribution in [1.29, 1.82) is 0 Å². The first-order valence-corrected chi connectivity index (χ1v) is 12.8.